The quantitative estimate of drug-likeness (QED) is 0.562. The van der Waals surface area contributed by atoms with Crippen LogP contribution in [-0.4, -0.2) is 19.4 Å². The SMILES string of the molecule is Cc1cc(CCCCCCCS(=O)(=O)C(C)C)cc2c1C(C)CC2. The highest BCUT2D eigenvalue weighted by molar-refractivity contribution is 7.91. The van der Waals surface area contributed by atoms with Gasteiger partial charge >= 0.3 is 0 Å². The van der Waals surface area contributed by atoms with Crippen LogP contribution in [0.5, 0.6) is 0 Å². The van der Waals surface area contributed by atoms with E-state index in [-0.39, 0.29) is 5.25 Å². The number of hydrogen-bond acceptors (Lipinski definition) is 2. The van der Waals surface area contributed by atoms with Gasteiger partial charge in [-0.2, -0.15) is 0 Å². The van der Waals surface area contributed by atoms with E-state index in [4.69, 9.17) is 0 Å². The maximum absolute atomic E-state index is 11.8. The molecule has 0 N–H and O–H groups in total. The van der Waals surface area contributed by atoms with Crippen LogP contribution in [-0.2, 0) is 22.7 Å². The fraction of sp³-hybridized carbons (Fsp3) is 0.714. The average Bonchev–Trinajstić information content (AvgIpc) is 2.87. The first-order chi connectivity index (χ1) is 11.3. The molecule has 1 atom stereocenters. The number of unbranched alkanes of at least 4 members (excludes halogenated alkanes) is 4. The normalized spacial score (nSPS) is 17.5. The second-order valence-corrected chi connectivity index (χ2v) is 10.5. The molecule has 1 aliphatic rings. The summed E-state index contributed by atoms with van der Waals surface area (Å²) in [6, 6.07) is 4.82. The summed E-state index contributed by atoms with van der Waals surface area (Å²) in [6.07, 6.45) is 9.12. The highest BCUT2D eigenvalue weighted by Crippen LogP contribution is 2.36. The van der Waals surface area contributed by atoms with Gasteiger partial charge in [0.1, 0.15) is 0 Å². The Hall–Kier alpha value is -0.830. The van der Waals surface area contributed by atoms with Gasteiger partial charge in [0.05, 0.1) is 11.0 Å². The van der Waals surface area contributed by atoms with Crippen LogP contribution in [0.15, 0.2) is 12.1 Å². The van der Waals surface area contributed by atoms with Gasteiger partial charge in [0.15, 0.2) is 9.84 Å². The Morgan fingerprint density at radius 1 is 1.08 bits per heavy atom. The molecule has 3 heteroatoms. The maximum atomic E-state index is 11.8. The van der Waals surface area contributed by atoms with Gasteiger partial charge in [-0.15, -0.1) is 0 Å². The molecule has 0 fully saturated rings. The molecule has 1 aliphatic carbocycles. The van der Waals surface area contributed by atoms with E-state index >= 15 is 0 Å². The summed E-state index contributed by atoms with van der Waals surface area (Å²) in [5.41, 5.74) is 6.15. The molecule has 1 aromatic carbocycles. The Morgan fingerprint density at radius 2 is 1.75 bits per heavy atom. The molecule has 0 aromatic heterocycles. The van der Waals surface area contributed by atoms with E-state index in [2.05, 4.69) is 26.0 Å². The maximum Gasteiger partial charge on any atom is 0.152 e. The Labute approximate surface area is 149 Å². The van der Waals surface area contributed by atoms with Crippen LogP contribution in [0.1, 0.15) is 87.5 Å². The third kappa shape index (κ3) is 5.08. The van der Waals surface area contributed by atoms with Crippen LogP contribution in [0.3, 0.4) is 0 Å². The molecule has 1 unspecified atom stereocenters. The Balaban J connectivity index is 1.68. The van der Waals surface area contributed by atoms with E-state index in [0.29, 0.717) is 5.75 Å². The second kappa shape index (κ2) is 8.51. The first-order valence-corrected chi connectivity index (χ1v) is 11.4. The first kappa shape index (κ1) is 19.5. The molecular formula is C21H34O2S. The van der Waals surface area contributed by atoms with Crippen molar-refractivity contribution in [3.8, 4) is 0 Å². The van der Waals surface area contributed by atoms with E-state index in [9.17, 15) is 8.42 Å². The lowest BCUT2D eigenvalue weighted by atomic mass is 9.94. The fourth-order valence-corrected chi connectivity index (χ4v) is 5.00. The number of hydrogen-bond donors (Lipinski definition) is 0. The summed E-state index contributed by atoms with van der Waals surface area (Å²) < 4.78 is 23.5. The monoisotopic (exact) mass is 350 g/mol. The smallest absolute Gasteiger partial charge is 0.152 e. The predicted octanol–water partition coefficient (Wildman–Crippen LogP) is 5.36. The summed E-state index contributed by atoms with van der Waals surface area (Å²) >= 11 is 0. The van der Waals surface area contributed by atoms with Crippen molar-refractivity contribution in [2.24, 2.45) is 0 Å². The summed E-state index contributed by atoms with van der Waals surface area (Å²) in [5.74, 6) is 1.09. The molecule has 1 aromatic rings. The summed E-state index contributed by atoms with van der Waals surface area (Å²) in [5, 5.41) is -0.233. The van der Waals surface area contributed by atoms with Crippen molar-refractivity contribution in [2.75, 3.05) is 5.75 Å². The predicted molar refractivity (Wildman–Crippen MR) is 104 cm³/mol. The lowest BCUT2D eigenvalue weighted by Gasteiger charge is -2.12. The first-order valence-electron chi connectivity index (χ1n) is 9.65. The van der Waals surface area contributed by atoms with E-state index < -0.39 is 9.84 Å². The molecule has 136 valence electrons. The molecule has 0 amide bonds. The molecule has 0 aliphatic heterocycles. The minimum Gasteiger partial charge on any atom is -0.229 e. The van der Waals surface area contributed by atoms with Gasteiger partial charge in [-0.25, -0.2) is 8.42 Å². The zero-order valence-electron chi connectivity index (χ0n) is 15.9. The molecule has 24 heavy (non-hydrogen) atoms. The van der Waals surface area contributed by atoms with Gasteiger partial charge in [0.2, 0.25) is 0 Å². The largest absolute Gasteiger partial charge is 0.229 e. The fourth-order valence-electron chi connectivity index (χ4n) is 3.92. The average molecular weight is 351 g/mol. The van der Waals surface area contributed by atoms with Crippen molar-refractivity contribution in [3.63, 3.8) is 0 Å². The number of aryl methyl sites for hydroxylation is 3. The van der Waals surface area contributed by atoms with E-state index in [1.807, 2.05) is 0 Å². The molecule has 0 saturated carbocycles. The highest BCUT2D eigenvalue weighted by atomic mass is 32.2. The molecule has 0 radical (unpaired) electrons. The van der Waals surface area contributed by atoms with Crippen LogP contribution >= 0.6 is 0 Å². The zero-order chi connectivity index (χ0) is 17.7. The second-order valence-electron chi connectivity index (χ2n) is 7.86. The van der Waals surface area contributed by atoms with Crippen molar-refractivity contribution >= 4 is 9.84 Å². The van der Waals surface area contributed by atoms with Gasteiger partial charge < -0.3 is 0 Å². The van der Waals surface area contributed by atoms with Gasteiger partial charge in [-0.3, -0.25) is 0 Å². The van der Waals surface area contributed by atoms with E-state index in [0.717, 1.165) is 31.6 Å². The highest BCUT2D eigenvalue weighted by Gasteiger charge is 2.20. The van der Waals surface area contributed by atoms with Crippen LogP contribution in [0.2, 0.25) is 0 Å². The van der Waals surface area contributed by atoms with Gasteiger partial charge in [0, 0.05) is 0 Å². The summed E-state index contributed by atoms with van der Waals surface area (Å²) in [7, 11) is -2.85. The minimum absolute atomic E-state index is 0.233. The molecular weight excluding hydrogens is 316 g/mol. The third-order valence-corrected chi connectivity index (χ3v) is 7.78. The molecule has 0 bridgehead atoms. The standard InChI is InChI=1S/C21H34O2S/c1-16(2)24(22,23)13-9-7-5-6-8-10-19-14-18(4)21-17(3)11-12-20(21)15-19/h14-17H,5-13H2,1-4H3. The Kier molecular flexibility index (Phi) is 6.91. The molecule has 2 nitrogen and oxygen atoms in total. The van der Waals surface area contributed by atoms with Gasteiger partial charge in [-0.05, 0) is 81.0 Å². The Bertz CT molecular complexity index is 644. The minimum atomic E-state index is -2.85. The summed E-state index contributed by atoms with van der Waals surface area (Å²) in [4.78, 5) is 0. The van der Waals surface area contributed by atoms with Crippen LogP contribution in [0.25, 0.3) is 0 Å². The number of rotatable bonds is 9. The molecule has 2 rings (SSSR count). The topological polar surface area (TPSA) is 34.1 Å². The van der Waals surface area contributed by atoms with Gasteiger partial charge in [-0.1, -0.05) is 38.3 Å². The number of sulfone groups is 1. The van der Waals surface area contributed by atoms with Gasteiger partial charge in [0.25, 0.3) is 0 Å². The zero-order valence-corrected chi connectivity index (χ0v) is 16.7. The van der Waals surface area contributed by atoms with Crippen LogP contribution < -0.4 is 0 Å². The van der Waals surface area contributed by atoms with Crippen molar-refractivity contribution in [1.29, 1.82) is 0 Å². The molecule has 0 saturated heterocycles. The number of fused-ring (bicyclic) bond motifs is 1. The van der Waals surface area contributed by atoms with Crippen molar-refractivity contribution in [3.05, 3.63) is 34.4 Å². The lowest BCUT2D eigenvalue weighted by Crippen LogP contribution is -2.17. The summed E-state index contributed by atoms with van der Waals surface area (Å²) in [6.45, 7) is 8.15. The van der Waals surface area contributed by atoms with E-state index in [1.54, 1.807) is 25.0 Å². The van der Waals surface area contributed by atoms with Crippen molar-refractivity contribution in [1.82, 2.24) is 0 Å². The molecule has 0 heterocycles. The number of benzene rings is 1. The molecule has 0 spiro atoms. The van der Waals surface area contributed by atoms with Crippen molar-refractivity contribution < 1.29 is 8.42 Å². The Morgan fingerprint density at radius 3 is 2.46 bits per heavy atom. The van der Waals surface area contributed by atoms with Crippen LogP contribution in [0, 0.1) is 6.92 Å². The lowest BCUT2D eigenvalue weighted by molar-refractivity contribution is 0.577. The third-order valence-electron chi connectivity index (χ3n) is 5.48. The van der Waals surface area contributed by atoms with E-state index in [1.165, 1.54) is 36.8 Å². The van der Waals surface area contributed by atoms with Crippen molar-refractivity contribution in [2.45, 2.75) is 90.2 Å². The van der Waals surface area contributed by atoms with Crippen LogP contribution in [0.4, 0.5) is 0 Å².